The lowest BCUT2D eigenvalue weighted by molar-refractivity contribution is -0.114. The highest BCUT2D eigenvalue weighted by atomic mass is 16.5. The summed E-state index contributed by atoms with van der Waals surface area (Å²) >= 11 is 0. The van der Waals surface area contributed by atoms with Crippen molar-refractivity contribution in [2.24, 2.45) is 0 Å². The lowest BCUT2D eigenvalue weighted by atomic mass is 9.95. The van der Waals surface area contributed by atoms with Crippen molar-refractivity contribution in [2.45, 2.75) is 44.3 Å². The number of carbonyl (C=O) groups is 2. The summed E-state index contributed by atoms with van der Waals surface area (Å²) in [6, 6.07) is 11.5. The third kappa shape index (κ3) is 4.09. The van der Waals surface area contributed by atoms with Gasteiger partial charge in [-0.3, -0.25) is 9.59 Å². The summed E-state index contributed by atoms with van der Waals surface area (Å²) in [4.78, 5) is 27.7. The van der Waals surface area contributed by atoms with Crippen LogP contribution in [0, 0.1) is 0 Å². The average molecular weight is 366 g/mol. The molecule has 0 radical (unpaired) electrons. The van der Waals surface area contributed by atoms with Crippen molar-refractivity contribution < 1.29 is 14.3 Å². The van der Waals surface area contributed by atoms with Crippen molar-refractivity contribution in [1.29, 1.82) is 0 Å². The Morgan fingerprint density at radius 1 is 1.19 bits per heavy atom. The second kappa shape index (κ2) is 7.36. The summed E-state index contributed by atoms with van der Waals surface area (Å²) in [7, 11) is 0. The monoisotopic (exact) mass is 366 g/mol. The van der Waals surface area contributed by atoms with Gasteiger partial charge in [-0.05, 0) is 49.6 Å². The van der Waals surface area contributed by atoms with E-state index in [1.54, 1.807) is 42.6 Å². The van der Waals surface area contributed by atoms with Crippen LogP contribution in [0.3, 0.4) is 0 Å². The maximum atomic E-state index is 12.5. The molecule has 1 aromatic heterocycles. The summed E-state index contributed by atoms with van der Waals surface area (Å²) in [5.74, 6) is 0.715. The SMILES string of the molecule is CC(=O)Nc1ccnc(Oc2ccc(C(=O)NC3CC4CCC3N4)cc2)c1. The molecule has 2 bridgehead atoms. The number of amides is 2. The van der Waals surface area contributed by atoms with E-state index in [0.717, 1.165) is 12.8 Å². The summed E-state index contributed by atoms with van der Waals surface area (Å²) in [6.07, 6.45) is 4.91. The largest absolute Gasteiger partial charge is 0.439 e. The molecular weight excluding hydrogens is 344 g/mol. The molecule has 3 atom stereocenters. The molecule has 7 nitrogen and oxygen atoms in total. The van der Waals surface area contributed by atoms with Crippen LogP contribution >= 0.6 is 0 Å². The van der Waals surface area contributed by atoms with E-state index in [9.17, 15) is 9.59 Å². The van der Waals surface area contributed by atoms with Gasteiger partial charge in [0.2, 0.25) is 11.8 Å². The second-order valence-electron chi connectivity index (χ2n) is 7.05. The van der Waals surface area contributed by atoms with Gasteiger partial charge < -0.3 is 20.7 Å². The Balaban J connectivity index is 1.37. The van der Waals surface area contributed by atoms with Crippen LogP contribution in [0.1, 0.15) is 36.5 Å². The first-order valence-electron chi connectivity index (χ1n) is 9.15. The van der Waals surface area contributed by atoms with Crippen LogP contribution in [0.4, 0.5) is 5.69 Å². The number of rotatable bonds is 5. The number of benzene rings is 1. The van der Waals surface area contributed by atoms with Crippen LogP contribution in [-0.2, 0) is 4.79 Å². The number of pyridine rings is 1. The highest BCUT2D eigenvalue weighted by molar-refractivity contribution is 5.94. The van der Waals surface area contributed by atoms with Crippen molar-refractivity contribution in [1.82, 2.24) is 15.6 Å². The van der Waals surface area contributed by atoms with E-state index in [0.29, 0.717) is 35.0 Å². The van der Waals surface area contributed by atoms with E-state index in [1.807, 2.05) is 0 Å². The predicted molar refractivity (Wildman–Crippen MR) is 101 cm³/mol. The van der Waals surface area contributed by atoms with Gasteiger partial charge in [-0.1, -0.05) is 0 Å². The van der Waals surface area contributed by atoms with Crippen molar-refractivity contribution in [3.63, 3.8) is 0 Å². The number of anilines is 1. The quantitative estimate of drug-likeness (QED) is 0.756. The Morgan fingerprint density at radius 3 is 2.67 bits per heavy atom. The molecule has 0 aliphatic carbocycles. The summed E-state index contributed by atoms with van der Waals surface area (Å²) < 4.78 is 5.70. The number of carbonyl (C=O) groups excluding carboxylic acids is 2. The smallest absolute Gasteiger partial charge is 0.251 e. The number of ether oxygens (including phenoxy) is 1. The number of fused-ring (bicyclic) bond motifs is 2. The lowest BCUT2D eigenvalue weighted by Gasteiger charge is -2.21. The van der Waals surface area contributed by atoms with Crippen molar-refractivity contribution in [2.75, 3.05) is 5.32 Å². The van der Waals surface area contributed by atoms with E-state index in [-0.39, 0.29) is 17.9 Å². The van der Waals surface area contributed by atoms with Gasteiger partial charge in [0, 0.05) is 48.6 Å². The minimum Gasteiger partial charge on any atom is -0.439 e. The van der Waals surface area contributed by atoms with Crippen molar-refractivity contribution in [3.05, 3.63) is 48.2 Å². The molecule has 4 rings (SSSR count). The normalized spacial score (nSPS) is 23.1. The predicted octanol–water partition coefficient (Wildman–Crippen LogP) is 2.46. The van der Waals surface area contributed by atoms with E-state index >= 15 is 0 Å². The van der Waals surface area contributed by atoms with Gasteiger partial charge in [-0.2, -0.15) is 0 Å². The molecule has 0 saturated carbocycles. The zero-order valence-electron chi connectivity index (χ0n) is 15.1. The van der Waals surface area contributed by atoms with Gasteiger partial charge in [-0.15, -0.1) is 0 Å². The second-order valence-corrected chi connectivity index (χ2v) is 7.05. The van der Waals surface area contributed by atoms with Crippen LogP contribution < -0.4 is 20.7 Å². The standard InChI is InChI=1S/C20H22N4O3/c1-12(25)22-15-8-9-21-19(11-15)27-16-5-2-13(3-6-16)20(26)24-18-10-14-4-7-17(18)23-14/h2-3,5-6,8-9,11,14,17-18,23H,4,7,10H2,1H3,(H,24,26)(H,21,22,25). The zero-order chi connectivity index (χ0) is 18.8. The molecule has 27 heavy (non-hydrogen) atoms. The first kappa shape index (κ1) is 17.5. The Morgan fingerprint density at radius 2 is 2.00 bits per heavy atom. The molecule has 1 aromatic carbocycles. The molecule has 7 heteroatoms. The van der Waals surface area contributed by atoms with Gasteiger partial charge in [0.25, 0.3) is 5.91 Å². The summed E-state index contributed by atoms with van der Waals surface area (Å²) in [6.45, 7) is 1.44. The molecule has 0 spiro atoms. The van der Waals surface area contributed by atoms with Crippen molar-refractivity contribution >= 4 is 17.5 Å². The summed E-state index contributed by atoms with van der Waals surface area (Å²) in [5, 5.41) is 9.33. The molecule has 2 aliphatic rings. The zero-order valence-corrected chi connectivity index (χ0v) is 15.1. The molecule has 3 unspecified atom stereocenters. The van der Waals surface area contributed by atoms with Crippen LogP contribution in [0.25, 0.3) is 0 Å². The number of aromatic nitrogens is 1. The fourth-order valence-corrected chi connectivity index (χ4v) is 3.78. The maximum Gasteiger partial charge on any atom is 0.251 e. The molecule has 2 saturated heterocycles. The number of hydrogen-bond acceptors (Lipinski definition) is 5. The Labute approximate surface area is 157 Å². The highest BCUT2D eigenvalue weighted by Crippen LogP contribution is 2.28. The fourth-order valence-electron chi connectivity index (χ4n) is 3.78. The molecule has 2 aliphatic heterocycles. The fraction of sp³-hybridized carbons (Fsp3) is 0.350. The molecule has 3 heterocycles. The topological polar surface area (TPSA) is 92.3 Å². The minimum atomic E-state index is -0.159. The number of nitrogens with one attached hydrogen (secondary N) is 3. The minimum absolute atomic E-state index is 0.0633. The number of nitrogens with zero attached hydrogens (tertiary/aromatic N) is 1. The van der Waals surface area contributed by atoms with Crippen LogP contribution in [0.5, 0.6) is 11.6 Å². The Kier molecular flexibility index (Phi) is 4.77. The van der Waals surface area contributed by atoms with Crippen LogP contribution in [0.15, 0.2) is 42.6 Å². The van der Waals surface area contributed by atoms with Gasteiger partial charge in [0.1, 0.15) is 5.75 Å². The summed E-state index contributed by atoms with van der Waals surface area (Å²) in [5.41, 5.74) is 1.22. The first-order valence-corrected chi connectivity index (χ1v) is 9.15. The molecule has 2 fully saturated rings. The van der Waals surface area contributed by atoms with Crippen LogP contribution in [0.2, 0.25) is 0 Å². The number of hydrogen-bond donors (Lipinski definition) is 3. The van der Waals surface area contributed by atoms with E-state index in [4.69, 9.17) is 4.74 Å². The molecule has 2 aromatic rings. The highest BCUT2D eigenvalue weighted by Gasteiger charge is 2.39. The first-order chi connectivity index (χ1) is 13.1. The Bertz CT molecular complexity index is 853. The lowest BCUT2D eigenvalue weighted by Crippen LogP contribution is -2.42. The molecule has 2 amide bonds. The van der Waals surface area contributed by atoms with E-state index < -0.39 is 0 Å². The van der Waals surface area contributed by atoms with Crippen molar-refractivity contribution in [3.8, 4) is 11.6 Å². The average Bonchev–Trinajstić information content (AvgIpc) is 3.25. The van der Waals surface area contributed by atoms with Gasteiger partial charge in [0.15, 0.2) is 0 Å². The Hall–Kier alpha value is -2.93. The van der Waals surface area contributed by atoms with Crippen LogP contribution in [-0.4, -0.2) is 34.9 Å². The third-order valence-corrected chi connectivity index (χ3v) is 5.01. The maximum absolute atomic E-state index is 12.5. The van der Waals surface area contributed by atoms with Gasteiger partial charge in [0.05, 0.1) is 0 Å². The van der Waals surface area contributed by atoms with Gasteiger partial charge >= 0.3 is 0 Å². The van der Waals surface area contributed by atoms with E-state index in [2.05, 4.69) is 20.9 Å². The molecule has 140 valence electrons. The van der Waals surface area contributed by atoms with Gasteiger partial charge in [-0.25, -0.2) is 4.98 Å². The molecule has 3 N–H and O–H groups in total. The molecular formula is C20H22N4O3. The third-order valence-electron chi connectivity index (χ3n) is 5.01. The van der Waals surface area contributed by atoms with E-state index in [1.165, 1.54) is 13.3 Å².